The first-order chi connectivity index (χ1) is 10.1. The van der Waals surface area contributed by atoms with Gasteiger partial charge in [0, 0.05) is 30.6 Å². The van der Waals surface area contributed by atoms with E-state index >= 15 is 0 Å². The fourth-order valence-corrected chi connectivity index (χ4v) is 2.06. The third-order valence-electron chi connectivity index (χ3n) is 3.11. The van der Waals surface area contributed by atoms with E-state index < -0.39 is 0 Å². The van der Waals surface area contributed by atoms with Gasteiger partial charge in [0.2, 0.25) is 0 Å². The minimum Gasteiger partial charge on any atom is -0.508 e. The molecule has 5 heteroatoms. The van der Waals surface area contributed by atoms with Crippen molar-refractivity contribution in [3.8, 4) is 22.8 Å². The molecule has 5 nitrogen and oxygen atoms in total. The molecular formula is C16H21N3O2. The summed E-state index contributed by atoms with van der Waals surface area (Å²) in [6.45, 7) is 3.46. The van der Waals surface area contributed by atoms with E-state index in [1.165, 1.54) is 0 Å². The van der Waals surface area contributed by atoms with Gasteiger partial charge in [-0.1, -0.05) is 0 Å². The average molecular weight is 287 g/mol. The molecule has 0 bridgehead atoms. The van der Waals surface area contributed by atoms with E-state index in [0.717, 1.165) is 29.9 Å². The summed E-state index contributed by atoms with van der Waals surface area (Å²) in [4.78, 5) is 10.7. The van der Waals surface area contributed by atoms with Gasteiger partial charge in [0.05, 0.1) is 18.0 Å². The van der Waals surface area contributed by atoms with Crippen molar-refractivity contribution in [2.24, 2.45) is 0 Å². The van der Waals surface area contributed by atoms with E-state index in [1.807, 2.05) is 27.1 Å². The van der Waals surface area contributed by atoms with Gasteiger partial charge >= 0.3 is 0 Å². The highest BCUT2D eigenvalue weighted by molar-refractivity contribution is 5.69. The first-order valence-electron chi connectivity index (χ1n) is 6.96. The van der Waals surface area contributed by atoms with Gasteiger partial charge in [0.25, 0.3) is 0 Å². The first-order valence-corrected chi connectivity index (χ1v) is 6.96. The van der Waals surface area contributed by atoms with E-state index in [2.05, 4.69) is 14.9 Å². The van der Waals surface area contributed by atoms with Crippen LogP contribution in [0.2, 0.25) is 0 Å². The van der Waals surface area contributed by atoms with Crippen molar-refractivity contribution < 1.29 is 9.84 Å². The highest BCUT2D eigenvalue weighted by atomic mass is 16.5. The Morgan fingerprint density at radius 3 is 2.67 bits per heavy atom. The standard InChI is InChI=1S/C16H21N3O2/c1-12-16(18-8-7-17-12)14-6-5-13(20)11-15(14)21-10-4-9-19(2)3/h5-8,11,20H,4,9-10H2,1-3H3. The molecule has 21 heavy (non-hydrogen) atoms. The molecule has 1 heterocycles. The Bertz CT molecular complexity index is 600. The van der Waals surface area contributed by atoms with Gasteiger partial charge < -0.3 is 14.7 Å². The van der Waals surface area contributed by atoms with Crippen molar-refractivity contribution in [2.45, 2.75) is 13.3 Å². The predicted molar refractivity (Wildman–Crippen MR) is 82.5 cm³/mol. The topological polar surface area (TPSA) is 58.5 Å². The first kappa shape index (κ1) is 15.3. The SMILES string of the molecule is Cc1nccnc1-c1ccc(O)cc1OCCCN(C)C. The Kier molecular flexibility index (Phi) is 5.11. The largest absolute Gasteiger partial charge is 0.508 e. The Hall–Kier alpha value is -2.14. The number of nitrogens with zero attached hydrogens (tertiary/aromatic N) is 3. The van der Waals surface area contributed by atoms with E-state index in [1.54, 1.807) is 24.5 Å². The van der Waals surface area contributed by atoms with E-state index in [9.17, 15) is 5.11 Å². The lowest BCUT2D eigenvalue weighted by Gasteiger charge is -2.14. The summed E-state index contributed by atoms with van der Waals surface area (Å²) in [6.07, 6.45) is 4.24. The number of rotatable bonds is 6. The molecule has 0 radical (unpaired) electrons. The highest BCUT2D eigenvalue weighted by Crippen LogP contribution is 2.33. The zero-order chi connectivity index (χ0) is 15.2. The van der Waals surface area contributed by atoms with E-state index in [0.29, 0.717) is 12.4 Å². The van der Waals surface area contributed by atoms with E-state index in [-0.39, 0.29) is 5.75 Å². The second-order valence-corrected chi connectivity index (χ2v) is 5.18. The number of aromatic nitrogens is 2. The minimum atomic E-state index is 0.183. The van der Waals surface area contributed by atoms with Gasteiger partial charge in [-0.05, 0) is 39.6 Å². The van der Waals surface area contributed by atoms with E-state index in [4.69, 9.17) is 4.74 Å². The molecule has 0 saturated carbocycles. The molecule has 112 valence electrons. The molecule has 0 unspecified atom stereocenters. The molecule has 0 amide bonds. The molecule has 0 fully saturated rings. The molecule has 2 aromatic rings. The normalized spacial score (nSPS) is 10.9. The number of ether oxygens (including phenoxy) is 1. The van der Waals surface area contributed by atoms with Gasteiger partial charge in [-0.3, -0.25) is 9.97 Å². The lowest BCUT2D eigenvalue weighted by Crippen LogP contribution is -2.15. The average Bonchev–Trinajstić information content (AvgIpc) is 2.45. The second-order valence-electron chi connectivity index (χ2n) is 5.18. The third-order valence-corrected chi connectivity index (χ3v) is 3.11. The number of aromatic hydroxyl groups is 1. The summed E-state index contributed by atoms with van der Waals surface area (Å²) in [5, 5.41) is 9.67. The van der Waals surface area contributed by atoms with Gasteiger partial charge in [0.15, 0.2) is 0 Å². The zero-order valence-electron chi connectivity index (χ0n) is 12.7. The summed E-state index contributed by atoms with van der Waals surface area (Å²) in [5.74, 6) is 0.820. The summed E-state index contributed by atoms with van der Waals surface area (Å²) < 4.78 is 5.82. The van der Waals surface area contributed by atoms with Crippen LogP contribution in [-0.4, -0.2) is 47.2 Å². The van der Waals surface area contributed by atoms with Crippen LogP contribution >= 0.6 is 0 Å². The fraction of sp³-hybridized carbons (Fsp3) is 0.375. The Balaban J connectivity index is 2.20. The van der Waals surface area contributed by atoms with Crippen LogP contribution in [0.15, 0.2) is 30.6 Å². The number of hydrogen-bond acceptors (Lipinski definition) is 5. The second kappa shape index (κ2) is 7.04. The summed E-state index contributed by atoms with van der Waals surface area (Å²) >= 11 is 0. The molecule has 0 aliphatic heterocycles. The van der Waals surface area contributed by atoms with Crippen LogP contribution in [-0.2, 0) is 0 Å². The number of benzene rings is 1. The monoisotopic (exact) mass is 287 g/mol. The quantitative estimate of drug-likeness (QED) is 0.827. The van der Waals surface area contributed by atoms with Crippen molar-refractivity contribution in [2.75, 3.05) is 27.2 Å². The van der Waals surface area contributed by atoms with Gasteiger partial charge in [0.1, 0.15) is 11.5 Å². The maximum absolute atomic E-state index is 9.67. The maximum atomic E-state index is 9.67. The van der Waals surface area contributed by atoms with Gasteiger partial charge in [-0.2, -0.15) is 0 Å². The van der Waals surface area contributed by atoms with Crippen LogP contribution in [0.25, 0.3) is 11.3 Å². The number of phenolic OH excluding ortho intramolecular Hbond substituents is 1. The van der Waals surface area contributed by atoms with Crippen molar-refractivity contribution in [3.63, 3.8) is 0 Å². The number of aryl methyl sites for hydroxylation is 1. The van der Waals surface area contributed by atoms with Crippen LogP contribution in [0.3, 0.4) is 0 Å². The summed E-state index contributed by atoms with van der Waals surface area (Å²) in [7, 11) is 4.06. The van der Waals surface area contributed by atoms with Gasteiger partial charge in [-0.25, -0.2) is 0 Å². The van der Waals surface area contributed by atoms with Crippen LogP contribution < -0.4 is 4.74 Å². The Morgan fingerprint density at radius 1 is 1.19 bits per heavy atom. The third kappa shape index (κ3) is 4.16. The summed E-state index contributed by atoms with van der Waals surface area (Å²) in [5.41, 5.74) is 2.46. The van der Waals surface area contributed by atoms with Crippen molar-refractivity contribution in [1.29, 1.82) is 0 Å². The lowest BCUT2D eigenvalue weighted by molar-refractivity contribution is 0.281. The molecule has 1 aromatic heterocycles. The number of hydrogen-bond donors (Lipinski definition) is 1. The Morgan fingerprint density at radius 2 is 1.95 bits per heavy atom. The van der Waals surface area contributed by atoms with Crippen molar-refractivity contribution in [3.05, 3.63) is 36.3 Å². The maximum Gasteiger partial charge on any atom is 0.132 e. The Labute approximate surface area is 125 Å². The molecule has 2 rings (SSSR count). The van der Waals surface area contributed by atoms with Crippen LogP contribution in [0.4, 0.5) is 0 Å². The molecular weight excluding hydrogens is 266 g/mol. The predicted octanol–water partition coefficient (Wildman–Crippen LogP) is 2.49. The molecule has 0 aliphatic carbocycles. The van der Waals surface area contributed by atoms with Crippen molar-refractivity contribution >= 4 is 0 Å². The molecule has 0 spiro atoms. The molecule has 0 aliphatic rings. The molecule has 0 atom stereocenters. The molecule has 0 saturated heterocycles. The smallest absolute Gasteiger partial charge is 0.132 e. The van der Waals surface area contributed by atoms with Crippen LogP contribution in [0.5, 0.6) is 11.5 Å². The van der Waals surface area contributed by atoms with Gasteiger partial charge in [-0.15, -0.1) is 0 Å². The zero-order valence-corrected chi connectivity index (χ0v) is 12.7. The number of phenols is 1. The highest BCUT2D eigenvalue weighted by Gasteiger charge is 2.11. The van der Waals surface area contributed by atoms with Crippen LogP contribution in [0, 0.1) is 6.92 Å². The lowest BCUT2D eigenvalue weighted by atomic mass is 10.1. The molecule has 1 aromatic carbocycles. The fourth-order valence-electron chi connectivity index (χ4n) is 2.06. The minimum absolute atomic E-state index is 0.183. The van der Waals surface area contributed by atoms with Crippen molar-refractivity contribution in [1.82, 2.24) is 14.9 Å². The molecule has 1 N–H and O–H groups in total. The summed E-state index contributed by atoms with van der Waals surface area (Å²) in [6, 6.07) is 5.07. The van der Waals surface area contributed by atoms with Crippen LogP contribution in [0.1, 0.15) is 12.1 Å².